The van der Waals surface area contributed by atoms with E-state index in [0.717, 1.165) is 5.71 Å². The summed E-state index contributed by atoms with van der Waals surface area (Å²) in [6.45, 7) is 4.27. The summed E-state index contributed by atoms with van der Waals surface area (Å²) >= 11 is 0. The number of aryl methyl sites for hydroxylation is 2. The SMILES string of the molecule is Cc1ccc(C(=NC2CCCCC2)c2ccc(C)cc2)cc1. The summed E-state index contributed by atoms with van der Waals surface area (Å²) in [6, 6.07) is 18.0. The van der Waals surface area contributed by atoms with Crippen molar-refractivity contribution in [1.82, 2.24) is 0 Å². The minimum Gasteiger partial charge on any atom is -0.281 e. The van der Waals surface area contributed by atoms with Gasteiger partial charge < -0.3 is 0 Å². The average molecular weight is 291 g/mol. The summed E-state index contributed by atoms with van der Waals surface area (Å²) in [5.74, 6) is 0. The monoisotopic (exact) mass is 291 g/mol. The van der Waals surface area contributed by atoms with Crippen molar-refractivity contribution in [2.24, 2.45) is 4.99 Å². The van der Waals surface area contributed by atoms with Crippen LogP contribution in [-0.2, 0) is 0 Å². The summed E-state index contributed by atoms with van der Waals surface area (Å²) in [6.07, 6.45) is 6.49. The minimum atomic E-state index is 0.492. The van der Waals surface area contributed by atoms with Gasteiger partial charge in [0.1, 0.15) is 0 Å². The lowest BCUT2D eigenvalue weighted by molar-refractivity contribution is 0.443. The predicted octanol–water partition coefficient (Wildman–Crippen LogP) is 5.47. The third kappa shape index (κ3) is 3.65. The molecule has 0 saturated heterocycles. The molecule has 22 heavy (non-hydrogen) atoms. The second-order valence-electron chi connectivity index (χ2n) is 6.50. The quantitative estimate of drug-likeness (QED) is 0.665. The first-order valence-electron chi connectivity index (χ1n) is 8.44. The summed E-state index contributed by atoms with van der Waals surface area (Å²) in [4.78, 5) is 5.15. The van der Waals surface area contributed by atoms with Crippen LogP contribution in [0, 0.1) is 13.8 Å². The van der Waals surface area contributed by atoms with Crippen LogP contribution >= 0.6 is 0 Å². The maximum absolute atomic E-state index is 5.15. The van der Waals surface area contributed by atoms with E-state index in [9.17, 15) is 0 Å². The Balaban J connectivity index is 1.99. The topological polar surface area (TPSA) is 12.4 Å². The predicted molar refractivity (Wildman–Crippen MR) is 94.9 cm³/mol. The molecule has 2 aromatic rings. The molecule has 0 bridgehead atoms. The smallest absolute Gasteiger partial charge is 0.0722 e. The first-order valence-corrected chi connectivity index (χ1v) is 8.44. The van der Waals surface area contributed by atoms with E-state index in [1.165, 1.54) is 54.4 Å². The Morgan fingerprint density at radius 1 is 0.727 bits per heavy atom. The number of hydrogen-bond acceptors (Lipinski definition) is 1. The van der Waals surface area contributed by atoms with Gasteiger partial charge in [-0.05, 0) is 26.7 Å². The standard InChI is InChI=1S/C21H25N/c1-16-8-12-18(13-9-16)21(19-14-10-17(2)11-15-19)22-20-6-4-3-5-7-20/h8-15,20H,3-7H2,1-2H3. The van der Waals surface area contributed by atoms with E-state index in [0.29, 0.717) is 6.04 Å². The molecule has 0 N–H and O–H groups in total. The van der Waals surface area contributed by atoms with Gasteiger partial charge in [0.25, 0.3) is 0 Å². The van der Waals surface area contributed by atoms with Crippen LogP contribution in [0.15, 0.2) is 53.5 Å². The maximum Gasteiger partial charge on any atom is 0.0722 e. The lowest BCUT2D eigenvalue weighted by Crippen LogP contribution is -2.14. The molecule has 1 heteroatoms. The molecule has 0 aliphatic heterocycles. The molecule has 1 fully saturated rings. The summed E-state index contributed by atoms with van der Waals surface area (Å²) in [5, 5.41) is 0. The van der Waals surface area contributed by atoms with Crippen molar-refractivity contribution in [2.75, 3.05) is 0 Å². The van der Waals surface area contributed by atoms with Crippen molar-refractivity contribution in [3.05, 3.63) is 70.8 Å². The van der Waals surface area contributed by atoms with Crippen LogP contribution < -0.4 is 0 Å². The Morgan fingerprint density at radius 3 is 1.64 bits per heavy atom. The van der Waals surface area contributed by atoms with E-state index in [-0.39, 0.29) is 0 Å². The molecule has 0 aromatic heterocycles. The second kappa shape index (κ2) is 6.91. The van der Waals surface area contributed by atoms with Crippen LogP contribution in [0.5, 0.6) is 0 Å². The molecular weight excluding hydrogens is 266 g/mol. The zero-order valence-corrected chi connectivity index (χ0v) is 13.7. The van der Waals surface area contributed by atoms with Gasteiger partial charge in [0.15, 0.2) is 0 Å². The molecule has 0 amide bonds. The van der Waals surface area contributed by atoms with Crippen LogP contribution in [-0.4, -0.2) is 11.8 Å². The highest BCUT2D eigenvalue weighted by Gasteiger charge is 2.15. The molecule has 1 aliphatic rings. The zero-order valence-electron chi connectivity index (χ0n) is 13.7. The van der Waals surface area contributed by atoms with Crippen molar-refractivity contribution >= 4 is 5.71 Å². The number of hydrogen-bond donors (Lipinski definition) is 0. The first-order chi connectivity index (χ1) is 10.7. The molecule has 0 unspecified atom stereocenters. The van der Waals surface area contributed by atoms with Crippen LogP contribution in [0.4, 0.5) is 0 Å². The summed E-state index contributed by atoms with van der Waals surface area (Å²) < 4.78 is 0. The third-order valence-corrected chi connectivity index (χ3v) is 4.54. The minimum absolute atomic E-state index is 0.492. The van der Waals surface area contributed by atoms with E-state index >= 15 is 0 Å². The van der Waals surface area contributed by atoms with E-state index in [1.807, 2.05) is 0 Å². The molecule has 0 radical (unpaired) electrons. The van der Waals surface area contributed by atoms with Gasteiger partial charge in [-0.25, -0.2) is 0 Å². The van der Waals surface area contributed by atoms with Gasteiger partial charge in [0.2, 0.25) is 0 Å². The maximum atomic E-state index is 5.15. The zero-order chi connectivity index (χ0) is 15.4. The van der Waals surface area contributed by atoms with Gasteiger partial charge >= 0.3 is 0 Å². The molecule has 0 atom stereocenters. The van der Waals surface area contributed by atoms with Crippen molar-refractivity contribution in [3.63, 3.8) is 0 Å². The van der Waals surface area contributed by atoms with E-state index in [2.05, 4.69) is 62.4 Å². The normalized spacial score (nSPS) is 15.5. The van der Waals surface area contributed by atoms with Gasteiger partial charge in [0.05, 0.1) is 11.8 Å². The molecule has 1 saturated carbocycles. The van der Waals surface area contributed by atoms with Crippen LogP contribution in [0.2, 0.25) is 0 Å². The van der Waals surface area contributed by atoms with Gasteiger partial charge in [-0.2, -0.15) is 0 Å². The number of benzene rings is 2. The fraction of sp³-hybridized carbons (Fsp3) is 0.381. The van der Waals surface area contributed by atoms with E-state index in [4.69, 9.17) is 4.99 Å². The lowest BCUT2D eigenvalue weighted by Gasteiger charge is -2.20. The average Bonchev–Trinajstić information content (AvgIpc) is 2.56. The van der Waals surface area contributed by atoms with Crippen LogP contribution in [0.1, 0.15) is 54.4 Å². The fourth-order valence-corrected chi connectivity index (χ4v) is 3.13. The number of aliphatic imine (C=N–C) groups is 1. The van der Waals surface area contributed by atoms with E-state index in [1.54, 1.807) is 0 Å². The Labute approximate surface area is 134 Å². The fourth-order valence-electron chi connectivity index (χ4n) is 3.13. The molecule has 3 rings (SSSR count). The van der Waals surface area contributed by atoms with Crippen molar-refractivity contribution < 1.29 is 0 Å². The Hall–Kier alpha value is -1.89. The number of nitrogens with zero attached hydrogens (tertiary/aromatic N) is 1. The van der Waals surface area contributed by atoms with Gasteiger partial charge in [-0.15, -0.1) is 0 Å². The first kappa shape index (κ1) is 15.0. The Morgan fingerprint density at radius 2 is 1.18 bits per heavy atom. The highest BCUT2D eigenvalue weighted by Crippen LogP contribution is 2.23. The largest absolute Gasteiger partial charge is 0.281 e. The van der Waals surface area contributed by atoms with Crippen molar-refractivity contribution in [3.8, 4) is 0 Å². The summed E-state index contributed by atoms with van der Waals surface area (Å²) in [7, 11) is 0. The van der Waals surface area contributed by atoms with E-state index < -0.39 is 0 Å². The molecule has 2 aromatic carbocycles. The summed E-state index contributed by atoms with van der Waals surface area (Å²) in [5.41, 5.74) is 6.22. The van der Waals surface area contributed by atoms with Crippen molar-refractivity contribution in [2.45, 2.75) is 52.0 Å². The molecule has 0 heterocycles. The van der Waals surface area contributed by atoms with Gasteiger partial charge in [0, 0.05) is 11.1 Å². The van der Waals surface area contributed by atoms with Crippen LogP contribution in [0.3, 0.4) is 0 Å². The highest BCUT2D eigenvalue weighted by molar-refractivity contribution is 6.13. The van der Waals surface area contributed by atoms with Crippen molar-refractivity contribution in [1.29, 1.82) is 0 Å². The molecule has 1 nitrogen and oxygen atoms in total. The molecule has 1 aliphatic carbocycles. The highest BCUT2D eigenvalue weighted by atomic mass is 14.8. The van der Waals surface area contributed by atoms with Crippen LogP contribution in [0.25, 0.3) is 0 Å². The number of rotatable bonds is 3. The Kier molecular flexibility index (Phi) is 4.72. The molecule has 114 valence electrons. The second-order valence-corrected chi connectivity index (χ2v) is 6.50. The lowest BCUT2D eigenvalue weighted by atomic mass is 9.94. The third-order valence-electron chi connectivity index (χ3n) is 4.54. The van der Waals surface area contributed by atoms with Gasteiger partial charge in [-0.1, -0.05) is 78.9 Å². The molecule has 0 spiro atoms. The Bertz CT molecular complexity index is 581. The molecular formula is C21H25N. The van der Waals surface area contributed by atoms with Gasteiger partial charge in [-0.3, -0.25) is 4.99 Å².